The van der Waals surface area contributed by atoms with Crippen LogP contribution in [0.5, 0.6) is 0 Å². The predicted octanol–water partition coefficient (Wildman–Crippen LogP) is 2.39. The van der Waals surface area contributed by atoms with E-state index in [9.17, 15) is 5.26 Å². The lowest BCUT2D eigenvalue weighted by Gasteiger charge is -2.09. The van der Waals surface area contributed by atoms with Crippen molar-refractivity contribution in [1.82, 2.24) is 29.9 Å². The Labute approximate surface area is 164 Å². The molecule has 3 aromatic heterocycles. The van der Waals surface area contributed by atoms with E-state index in [1.807, 2.05) is 35.3 Å². The molecule has 0 spiro atoms. The molecule has 0 radical (unpaired) electrons. The van der Waals surface area contributed by atoms with E-state index in [1.54, 1.807) is 0 Å². The molecule has 0 saturated carbocycles. The molecule has 4 heterocycles. The van der Waals surface area contributed by atoms with Gasteiger partial charge in [-0.15, -0.1) is 0 Å². The van der Waals surface area contributed by atoms with E-state index >= 15 is 0 Å². The average molecular weight is 376 g/mol. The summed E-state index contributed by atoms with van der Waals surface area (Å²) in [5.41, 5.74) is 12.7. The molecule has 0 aromatic carbocycles. The fourth-order valence-electron chi connectivity index (χ4n) is 3.88. The van der Waals surface area contributed by atoms with E-state index in [0.717, 1.165) is 66.6 Å². The number of hydrogen-bond acceptors (Lipinski definition) is 6. The Morgan fingerprint density at radius 2 is 2.07 bits per heavy atom. The fraction of sp³-hybridized carbons (Fsp3) is 0.400. The van der Waals surface area contributed by atoms with Crippen LogP contribution in [-0.2, 0) is 19.6 Å². The lowest BCUT2D eigenvalue weighted by Crippen LogP contribution is -2.11. The van der Waals surface area contributed by atoms with Gasteiger partial charge in [-0.3, -0.25) is 9.36 Å². The van der Waals surface area contributed by atoms with Crippen molar-refractivity contribution < 1.29 is 0 Å². The Morgan fingerprint density at radius 3 is 2.79 bits per heavy atom. The SMILES string of the molecule is CCn1nc(C)c(-c2cc(-c3cc4n(n3)CCCNC4)c(C#N)c(N)n2)c1C. The van der Waals surface area contributed by atoms with Crippen molar-refractivity contribution in [3.8, 4) is 28.6 Å². The molecule has 0 amide bonds. The maximum Gasteiger partial charge on any atom is 0.142 e. The third kappa shape index (κ3) is 2.94. The van der Waals surface area contributed by atoms with E-state index in [2.05, 4.69) is 28.4 Å². The van der Waals surface area contributed by atoms with Crippen LogP contribution in [0.2, 0.25) is 0 Å². The number of aryl methyl sites for hydroxylation is 3. The second-order valence-corrected chi connectivity index (χ2v) is 7.06. The number of nitrogens with two attached hydrogens (primary N) is 1. The number of fused-ring (bicyclic) bond motifs is 1. The molecule has 0 fully saturated rings. The summed E-state index contributed by atoms with van der Waals surface area (Å²) in [6.45, 7) is 9.44. The van der Waals surface area contributed by atoms with Gasteiger partial charge < -0.3 is 11.1 Å². The molecule has 144 valence electrons. The molecule has 1 aliphatic heterocycles. The fourth-order valence-corrected chi connectivity index (χ4v) is 3.88. The molecule has 3 aromatic rings. The molecule has 1 aliphatic rings. The Morgan fingerprint density at radius 1 is 1.25 bits per heavy atom. The van der Waals surface area contributed by atoms with Crippen molar-refractivity contribution in [1.29, 1.82) is 5.26 Å². The standard InChI is InChI=1S/C20H24N8/c1-4-27-13(3)19(12(2)25-27)18-9-15(16(10-21)20(22)24-18)17-8-14-11-23-6-5-7-28(14)26-17/h8-9,23H,4-7,11H2,1-3H3,(H2,22,24). The first kappa shape index (κ1) is 18.2. The van der Waals surface area contributed by atoms with Crippen molar-refractivity contribution >= 4 is 5.82 Å². The molecule has 0 saturated heterocycles. The number of anilines is 1. The third-order valence-corrected chi connectivity index (χ3v) is 5.27. The summed E-state index contributed by atoms with van der Waals surface area (Å²) in [7, 11) is 0. The molecule has 8 nitrogen and oxygen atoms in total. The maximum atomic E-state index is 9.69. The van der Waals surface area contributed by atoms with Gasteiger partial charge in [-0.05, 0) is 45.9 Å². The smallest absolute Gasteiger partial charge is 0.142 e. The highest BCUT2D eigenvalue weighted by atomic mass is 15.3. The van der Waals surface area contributed by atoms with Crippen molar-refractivity contribution in [2.75, 3.05) is 12.3 Å². The van der Waals surface area contributed by atoms with Gasteiger partial charge in [0.15, 0.2) is 0 Å². The Bertz CT molecular complexity index is 1060. The third-order valence-electron chi connectivity index (χ3n) is 5.27. The van der Waals surface area contributed by atoms with Crippen LogP contribution in [-0.4, -0.2) is 31.1 Å². The number of pyridine rings is 1. The molecule has 8 heteroatoms. The van der Waals surface area contributed by atoms with Crippen molar-refractivity contribution in [3.63, 3.8) is 0 Å². The van der Waals surface area contributed by atoms with Crippen LogP contribution >= 0.6 is 0 Å². The van der Waals surface area contributed by atoms with Gasteiger partial charge in [-0.25, -0.2) is 4.98 Å². The number of aromatic nitrogens is 5. The van der Waals surface area contributed by atoms with Crippen LogP contribution < -0.4 is 11.1 Å². The minimum absolute atomic E-state index is 0.222. The highest BCUT2D eigenvalue weighted by Gasteiger charge is 2.21. The molecule has 28 heavy (non-hydrogen) atoms. The molecule has 0 aliphatic carbocycles. The summed E-state index contributed by atoms with van der Waals surface area (Å²) in [5.74, 6) is 0.222. The Hall–Kier alpha value is -3.18. The highest BCUT2D eigenvalue weighted by molar-refractivity contribution is 5.79. The number of hydrogen-bond donors (Lipinski definition) is 2. The van der Waals surface area contributed by atoms with Gasteiger partial charge in [0.2, 0.25) is 0 Å². The molecular formula is C20H24N8. The zero-order valence-electron chi connectivity index (χ0n) is 16.5. The van der Waals surface area contributed by atoms with Gasteiger partial charge in [0.1, 0.15) is 17.5 Å². The number of nitriles is 1. The van der Waals surface area contributed by atoms with Crippen LogP contribution in [0.1, 0.15) is 36.0 Å². The number of rotatable bonds is 3. The molecule has 0 bridgehead atoms. The Balaban J connectivity index is 1.89. The predicted molar refractivity (Wildman–Crippen MR) is 107 cm³/mol. The molecular weight excluding hydrogens is 352 g/mol. The summed E-state index contributed by atoms with van der Waals surface area (Å²) < 4.78 is 3.96. The first-order valence-electron chi connectivity index (χ1n) is 9.56. The largest absolute Gasteiger partial charge is 0.383 e. The number of nitrogens with zero attached hydrogens (tertiary/aromatic N) is 6. The minimum Gasteiger partial charge on any atom is -0.383 e. The quantitative estimate of drug-likeness (QED) is 0.726. The zero-order chi connectivity index (χ0) is 19.8. The zero-order valence-corrected chi connectivity index (χ0v) is 16.5. The van der Waals surface area contributed by atoms with Gasteiger partial charge in [-0.2, -0.15) is 15.5 Å². The van der Waals surface area contributed by atoms with Crippen LogP contribution in [0, 0.1) is 25.2 Å². The van der Waals surface area contributed by atoms with Crippen LogP contribution in [0.3, 0.4) is 0 Å². The van der Waals surface area contributed by atoms with Crippen LogP contribution in [0.25, 0.3) is 22.5 Å². The summed E-state index contributed by atoms with van der Waals surface area (Å²) in [5, 5.41) is 22.4. The van der Waals surface area contributed by atoms with Crippen LogP contribution in [0.15, 0.2) is 12.1 Å². The maximum absolute atomic E-state index is 9.69. The monoisotopic (exact) mass is 376 g/mol. The average Bonchev–Trinajstić information content (AvgIpc) is 3.12. The van der Waals surface area contributed by atoms with Gasteiger partial charge in [0, 0.05) is 36.5 Å². The van der Waals surface area contributed by atoms with E-state index in [0.29, 0.717) is 11.1 Å². The minimum atomic E-state index is 0.222. The van der Waals surface area contributed by atoms with Gasteiger partial charge in [0.05, 0.1) is 22.8 Å². The van der Waals surface area contributed by atoms with Crippen molar-refractivity contribution in [3.05, 3.63) is 34.8 Å². The summed E-state index contributed by atoms with van der Waals surface area (Å²) in [4.78, 5) is 4.52. The Kier molecular flexibility index (Phi) is 4.61. The highest BCUT2D eigenvalue weighted by Crippen LogP contribution is 2.33. The molecule has 0 unspecified atom stereocenters. The van der Waals surface area contributed by atoms with E-state index in [1.165, 1.54) is 0 Å². The van der Waals surface area contributed by atoms with Crippen molar-refractivity contribution in [2.45, 2.75) is 46.8 Å². The summed E-state index contributed by atoms with van der Waals surface area (Å²) in [6.07, 6.45) is 1.03. The van der Waals surface area contributed by atoms with E-state index < -0.39 is 0 Å². The second kappa shape index (κ2) is 7.09. The lowest BCUT2D eigenvalue weighted by molar-refractivity contribution is 0.589. The van der Waals surface area contributed by atoms with Gasteiger partial charge >= 0.3 is 0 Å². The summed E-state index contributed by atoms with van der Waals surface area (Å²) in [6, 6.07) is 6.16. The number of nitrogens with one attached hydrogen (secondary N) is 1. The molecule has 3 N–H and O–H groups in total. The first-order chi connectivity index (χ1) is 13.5. The van der Waals surface area contributed by atoms with Crippen molar-refractivity contribution in [2.24, 2.45) is 0 Å². The lowest BCUT2D eigenvalue weighted by atomic mass is 10.0. The first-order valence-corrected chi connectivity index (χ1v) is 9.56. The second-order valence-electron chi connectivity index (χ2n) is 7.06. The normalized spacial score (nSPS) is 13.8. The topological polar surface area (TPSA) is 110 Å². The number of nitrogen functional groups attached to an aromatic ring is 1. The molecule has 4 rings (SSSR count). The van der Waals surface area contributed by atoms with E-state index in [4.69, 9.17) is 10.8 Å². The summed E-state index contributed by atoms with van der Waals surface area (Å²) >= 11 is 0. The van der Waals surface area contributed by atoms with Crippen LogP contribution in [0.4, 0.5) is 5.82 Å². The van der Waals surface area contributed by atoms with Gasteiger partial charge in [-0.1, -0.05) is 0 Å². The van der Waals surface area contributed by atoms with E-state index in [-0.39, 0.29) is 5.82 Å². The molecule has 0 atom stereocenters. The van der Waals surface area contributed by atoms with Gasteiger partial charge in [0.25, 0.3) is 0 Å².